The Hall–Kier alpha value is -0.140. The highest BCUT2D eigenvalue weighted by atomic mass is 127. The highest BCUT2D eigenvalue weighted by molar-refractivity contribution is 14.1. The van der Waals surface area contributed by atoms with Gasteiger partial charge in [-0.15, -0.1) is 0 Å². The number of halogens is 2. The first kappa shape index (κ1) is 14.9. The Balaban J connectivity index is 2.83. The topological polar surface area (TPSA) is 55.1 Å². The van der Waals surface area contributed by atoms with E-state index in [0.717, 1.165) is 13.7 Å². The molecule has 94 valence electrons. The molecule has 5 heteroatoms. The number of hydrogen-bond acceptors (Lipinski definition) is 2. The van der Waals surface area contributed by atoms with Gasteiger partial charge in [-0.1, -0.05) is 29.8 Å². The molecule has 1 atom stereocenters. The maximum atomic E-state index is 12.0. The van der Waals surface area contributed by atoms with Gasteiger partial charge in [0.15, 0.2) is 0 Å². The van der Waals surface area contributed by atoms with Crippen LogP contribution in [0, 0.1) is 15.4 Å². The summed E-state index contributed by atoms with van der Waals surface area (Å²) in [6, 6.07) is 5.79. The molecule has 0 aliphatic heterocycles. The van der Waals surface area contributed by atoms with Crippen molar-refractivity contribution in [2.45, 2.75) is 13.8 Å². The van der Waals surface area contributed by atoms with Crippen molar-refractivity contribution in [2.24, 2.45) is 17.6 Å². The van der Waals surface area contributed by atoms with Crippen LogP contribution in [0.5, 0.6) is 0 Å². The van der Waals surface area contributed by atoms with E-state index in [1.54, 1.807) is 0 Å². The second kappa shape index (κ2) is 6.70. The molecule has 0 fully saturated rings. The van der Waals surface area contributed by atoms with Crippen LogP contribution in [-0.2, 0) is 4.79 Å². The Kier molecular flexibility index (Phi) is 5.88. The number of carbonyl (C=O) groups excluding carboxylic acids is 1. The third-order valence-electron chi connectivity index (χ3n) is 2.58. The summed E-state index contributed by atoms with van der Waals surface area (Å²) in [6.45, 7) is 4.38. The van der Waals surface area contributed by atoms with Gasteiger partial charge in [0.05, 0.1) is 11.6 Å². The van der Waals surface area contributed by atoms with Crippen LogP contribution in [-0.4, -0.2) is 12.5 Å². The Morgan fingerprint density at radius 2 is 2.18 bits per heavy atom. The first-order chi connectivity index (χ1) is 7.95. The Morgan fingerprint density at radius 1 is 1.53 bits per heavy atom. The smallest absolute Gasteiger partial charge is 0.229 e. The zero-order chi connectivity index (χ0) is 13.0. The molecule has 17 heavy (non-hydrogen) atoms. The average Bonchev–Trinajstić information content (AvgIpc) is 2.24. The van der Waals surface area contributed by atoms with Gasteiger partial charge in [0.1, 0.15) is 0 Å². The molecule has 0 saturated carbocycles. The highest BCUT2D eigenvalue weighted by Crippen LogP contribution is 2.24. The summed E-state index contributed by atoms with van der Waals surface area (Å²) >= 11 is 5.59. The summed E-state index contributed by atoms with van der Waals surface area (Å²) in [7, 11) is 0. The van der Waals surface area contributed by atoms with Gasteiger partial charge in [0.2, 0.25) is 5.91 Å². The number of nitrogens with two attached hydrogens (primary N) is 1. The van der Waals surface area contributed by atoms with Crippen LogP contribution in [0.3, 0.4) is 0 Å². The lowest BCUT2D eigenvalue weighted by molar-refractivity contribution is -0.120. The van der Waals surface area contributed by atoms with Crippen molar-refractivity contribution in [3.8, 4) is 0 Å². The summed E-state index contributed by atoms with van der Waals surface area (Å²) in [5, 5.41) is 2.93. The first-order valence-corrected chi connectivity index (χ1v) is 7.29. The van der Waals surface area contributed by atoms with E-state index in [9.17, 15) is 4.79 Å². The zero-order valence-electron chi connectivity index (χ0n) is 9.84. The number of rotatable bonds is 4. The first-order valence-electron chi connectivity index (χ1n) is 5.41. The third-order valence-corrected chi connectivity index (χ3v) is 4.02. The van der Waals surface area contributed by atoms with Crippen LogP contribution >= 0.6 is 38.5 Å². The molecule has 3 nitrogen and oxygen atoms in total. The summed E-state index contributed by atoms with van der Waals surface area (Å²) in [5.74, 6) is 0.0770. The number of benzene rings is 1. The predicted octanol–water partition coefficient (Wildman–Crippen LogP) is 3.22. The van der Waals surface area contributed by atoms with Crippen molar-refractivity contribution in [1.29, 1.82) is 0 Å². The van der Waals surface area contributed by atoms with E-state index in [-0.39, 0.29) is 17.7 Å². The van der Waals surface area contributed by atoms with Gasteiger partial charge in [-0.3, -0.25) is 4.79 Å². The SMILES string of the molecule is CC(C)C(CN)C(=O)Nc1cc(Br)ccc1I. The number of anilines is 1. The summed E-state index contributed by atoms with van der Waals surface area (Å²) in [5.41, 5.74) is 6.45. The van der Waals surface area contributed by atoms with Crippen molar-refractivity contribution in [2.75, 3.05) is 11.9 Å². The summed E-state index contributed by atoms with van der Waals surface area (Å²) in [4.78, 5) is 12.0. The zero-order valence-corrected chi connectivity index (χ0v) is 13.6. The quantitative estimate of drug-likeness (QED) is 0.748. The van der Waals surface area contributed by atoms with E-state index in [2.05, 4.69) is 43.8 Å². The van der Waals surface area contributed by atoms with E-state index in [1.165, 1.54) is 0 Å². The number of nitrogens with one attached hydrogen (secondary N) is 1. The fraction of sp³-hybridized carbons (Fsp3) is 0.417. The lowest BCUT2D eigenvalue weighted by Crippen LogP contribution is -2.33. The minimum absolute atomic E-state index is 0.0153. The van der Waals surface area contributed by atoms with Gasteiger partial charge in [-0.25, -0.2) is 0 Å². The second-order valence-corrected chi connectivity index (χ2v) is 6.28. The number of hydrogen-bond donors (Lipinski definition) is 2. The van der Waals surface area contributed by atoms with Gasteiger partial charge < -0.3 is 11.1 Å². The maximum Gasteiger partial charge on any atom is 0.229 e. The molecule has 0 saturated heterocycles. The van der Waals surface area contributed by atoms with E-state index in [4.69, 9.17) is 5.73 Å². The van der Waals surface area contributed by atoms with E-state index in [1.807, 2.05) is 32.0 Å². The lowest BCUT2D eigenvalue weighted by atomic mass is 9.95. The molecule has 1 rings (SSSR count). The number of carbonyl (C=O) groups is 1. The largest absolute Gasteiger partial charge is 0.330 e. The van der Waals surface area contributed by atoms with Gasteiger partial charge in [0.25, 0.3) is 0 Å². The van der Waals surface area contributed by atoms with Crippen molar-refractivity contribution in [3.63, 3.8) is 0 Å². The third kappa shape index (κ3) is 4.22. The minimum Gasteiger partial charge on any atom is -0.330 e. The second-order valence-electron chi connectivity index (χ2n) is 4.20. The van der Waals surface area contributed by atoms with E-state index in [0.29, 0.717) is 6.54 Å². The molecular weight excluding hydrogens is 395 g/mol. The Morgan fingerprint density at radius 3 is 2.71 bits per heavy atom. The van der Waals surface area contributed by atoms with Gasteiger partial charge in [-0.05, 0) is 46.7 Å². The normalized spacial score (nSPS) is 12.6. The molecule has 1 aromatic rings. The van der Waals surface area contributed by atoms with E-state index < -0.39 is 0 Å². The molecular formula is C12H16BrIN2O. The van der Waals surface area contributed by atoms with Crippen LogP contribution in [0.4, 0.5) is 5.69 Å². The molecule has 0 aliphatic rings. The van der Waals surface area contributed by atoms with Crippen LogP contribution in [0.15, 0.2) is 22.7 Å². The van der Waals surface area contributed by atoms with Crippen LogP contribution < -0.4 is 11.1 Å². The fourth-order valence-electron chi connectivity index (χ4n) is 1.50. The van der Waals surface area contributed by atoms with Crippen molar-refractivity contribution in [3.05, 3.63) is 26.2 Å². The minimum atomic E-state index is -0.148. The Bertz CT molecular complexity index is 409. The molecule has 0 bridgehead atoms. The van der Waals surface area contributed by atoms with Crippen LogP contribution in [0.25, 0.3) is 0 Å². The number of amides is 1. The van der Waals surface area contributed by atoms with E-state index >= 15 is 0 Å². The van der Waals surface area contributed by atoms with Crippen LogP contribution in [0.1, 0.15) is 13.8 Å². The molecule has 0 aromatic heterocycles. The summed E-state index contributed by atoms with van der Waals surface area (Å²) < 4.78 is 1.96. The monoisotopic (exact) mass is 410 g/mol. The predicted molar refractivity (Wildman–Crippen MR) is 82.9 cm³/mol. The Labute approximate surface area is 124 Å². The molecule has 1 aromatic carbocycles. The molecule has 0 heterocycles. The van der Waals surface area contributed by atoms with Gasteiger partial charge in [-0.2, -0.15) is 0 Å². The van der Waals surface area contributed by atoms with Gasteiger partial charge >= 0.3 is 0 Å². The van der Waals surface area contributed by atoms with Crippen molar-refractivity contribution in [1.82, 2.24) is 0 Å². The molecule has 0 spiro atoms. The summed E-state index contributed by atoms with van der Waals surface area (Å²) in [6.07, 6.45) is 0. The molecule has 3 N–H and O–H groups in total. The molecule has 1 amide bonds. The molecule has 0 radical (unpaired) electrons. The molecule has 0 aliphatic carbocycles. The molecule has 1 unspecified atom stereocenters. The maximum absolute atomic E-state index is 12.0. The highest BCUT2D eigenvalue weighted by Gasteiger charge is 2.21. The lowest BCUT2D eigenvalue weighted by Gasteiger charge is -2.18. The van der Waals surface area contributed by atoms with Crippen LogP contribution in [0.2, 0.25) is 0 Å². The van der Waals surface area contributed by atoms with Crippen molar-refractivity contribution >= 4 is 50.1 Å². The van der Waals surface area contributed by atoms with Crippen molar-refractivity contribution < 1.29 is 4.79 Å². The fourth-order valence-corrected chi connectivity index (χ4v) is 2.33. The average molecular weight is 411 g/mol. The standard InChI is InChI=1S/C12H16BrIN2O/c1-7(2)9(6-15)12(17)16-11-5-8(13)3-4-10(11)14/h3-5,7,9H,6,15H2,1-2H3,(H,16,17). The van der Waals surface area contributed by atoms with Gasteiger partial charge in [0, 0.05) is 14.6 Å².